The average molecular weight is 323 g/mol. The Morgan fingerprint density at radius 3 is 2.77 bits per heavy atom. The standard InChI is InChI=1S/C16H25N3O2S/c1-11-6-7-13(22-11)12(2)18-14-10-19(9-8-17-14)15(20)21-16(3,4)5/h6-7,12H,8-10H2,1-5H3,(H,17,18). The van der Waals surface area contributed by atoms with Crippen LogP contribution in [0.15, 0.2) is 17.1 Å². The van der Waals surface area contributed by atoms with Crippen LogP contribution in [0.4, 0.5) is 4.79 Å². The summed E-state index contributed by atoms with van der Waals surface area (Å²) in [5.41, 5.74) is -0.471. The highest BCUT2D eigenvalue weighted by Gasteiger charge is 2.25. The topological polar surface area (TPSA) is 53.9 Å². The molecular weight excluding hydrogens is 298 g/mol. The second kappa shape index (κ2) is 6.69. The number of amidine groups is 1. The van der Waals surface area contributed by atoms with E-state index in [9.17, 15) is 4.79 Å². The minimum absolute atomic E-state index is 0.191. The Bertz CT molecular complexity index is 560. The molecule has 2 heterocycles. The molecule has 6 heteroatoms. The summed E-state index contributed by atoms with van der Waals surface area (Å²) >= 11 is 1.78. The van der Waals surface area contributed by atoms with Gasteiger partial charge in [-0.25, -0.2) is 4.79 Å². The molecular formula is C16H25N3O2S. The van der Waals surface area contributed by atoms with E-state index in [1.54, 1.807) is 16.2 Å². The quantitative estimate of drug-likeness (QED) is 0.908. The van der Waals surface area contributed by atoms with E-state index in [1.807, 2.05) is 20.8 Å². The Balaban J connectivity index is 1.93. The van der Waals surface area contributed by atoms with Gasteiger partial charge >= 0.3 is 6.09 Å². The number of carbonyl (C=O) groups excluding carboxylic acids is 1. The van der Waals surface area contributed by atoms with Gasteiger partial charge in [0.2, 0.25) is 0 Å². The van der Waals surface area contributed by atoms with E-state index >= 15 is 0 Å². The van der Waals surface area contributed by atoms with Gasteiger partial charge in [0.15, 0.2) is 0 Å². The minimum atomic E-state index is -0.471. The minimum Gasteiger partial charge on any atom is -0.444 e. The van der Waals surface area contributed by atoms with E-state index in [2.05, 4.69) is 36.3 Å². The maximum Gasteiger partial charge on any atom is 0.410 e. The van der Waals surface area contributed by atoms with Crippen LogP contribution < -0.4 is 5.32 Å². The molecule has 1 aliphatic heterocycles. The van der Waals surface area contributed by atoms with Gasteiger partial charge < -0.3 is 10.1 Å². The number of rotatable bonds is 2. The summed E-state index contributed by atoms with van der Waals surface area (Å²) in [4.78, 5) is 20.9. The lowest BCUT2D eigenvalue weighted by Gasteiger charge is -2.30. The van der Waals surface area contributed by atoms with Crippen LogP contribution in [0.1, 0.15) is 43.5 Å². The summed E-state index contributed by atoms with van der Waals surface area (Å²) in [5.74, 6) is 0.843. The normalized spacial score (nSPS) is 17.0. The lowest BCUT2D eigenvalue weighted by atomic mass is 10.2. The highest BCUT2D eigenvalue weighted by molar-refractivity contribution is 7.12. The van der Waals surface area contributed by atoms with Crippen molar-refractivity contribution in [3.05, 3.63) is 21.9 Å². The summed E-state index contributed by atoms with van der Waals surface area (Å²) in [6.07, 6.45) is -0.277. The predicted molar refractivity (Wildman–Crippen MR) is 90.7 cm³/mol. The van der Waals surface area contributed by atoms with Gasteiger partial charge in [0.05, 0.1) is 19.1 Å². The molecule has 1 aromatic heterocycles. The molecule has 0 saturated carbocycles. The zero-order valence-corrected chi connectivity index (χ0v) is 14.8. The maximum atomic E-state index is 12.1. The van der Waals surface area contributed by atoms with Crippen molar-refractivity contribution in [1.29, 1.82) is 0 Å². The van der Waals surface area contributed by atoms with Crippen molar-refractivity contribution in [3.8, 4) is 0 Å². The molecule has 0 saturated heterocycles. The van der Waals surface area contributed by atoms with E-state index in [1.165, 1.54) is 9.75 Å². The molecule has 0 spiro atoms. The number of aliphatic imine (C=N–C) groups is 1. The summed E-state index contributed by atoms with van der Waals surface area (Å²) in [6, 6.07) is 4.44. The third-order valence-corrected chi connectivity index (χ3v) is 4.42. The SMILES string of the molecule is Cc1ccc(C(C)NC2=NCCN(C(=O)OC(C)(C)C)C2)s1. The number of carbonyl (C=O) groups is 1. The average Bonchev–Trinajstić information content (AvgIpc) is 2.84. The molecule has 1 aromatic rings. The van der Waals surface area contributed by atoms with E-state index in [4.69, 9.17) is 4.74 Å². The third kappa shape index (κ3) is 4.73. The molecule has 0 radical (unpaired) electrons. The molecule has 1 amide bonds. The predicted octanol–water partition coefficient (Wildman–Crippen LogP) is 3.36. The molecule has 0 aromatic carbocycles. The van der Waals surface area contributed by atoms with Crippen LogP contribution in [0.5, 0.6) is 0 Å². The van der Waals surface area contributed by atoms with Gasteiger partial charge in [0, 0.05) is 16.3 Å². The first kappa shape index (κ1) is 16.8. The molecule has 1 atom stereocenters. The molecule has 1 unspecified atom stereocenters. The Labute approximate surface area is 136 Å². The second-order valence-electron chi connectivity index (χ2n) is 6.54. The van der Waals surface area contributed by atoms with Crippen molar-refractivity contribution in [2.45, 2.75) is 46.3 Å². The van der Waals surface area contributed by atoms with Gasteiger partial charge in [-0.05, 0) is 46.8 Å². The highest BCUT2D eigenvalue weighted by Crippen LogP contribution is 2.22. The number of ether oxygens (including phenoxy) is 1. The van der Waals surface area contributed by atoms with Crippen molar-refractivity contribution < 1.29 is 9.53 Å². The Morgan fingerprint density at radius 2 is 2.18 bits per heavy atom. The maximum absolute atomic E-state index is 12.1. The number of nitrogens with one attached hydrogen (secondary N) is 1. The number of thiophene rings is 1. The largest absolute Gasteiger partial charge is 0.444 e. The fourth-order valence-electron chi connectivity index (χ4n) is 2.20. The number of hydrogen-bond donors (Lipinski definition) is 1. The lowest BCUT2D eigenvalue weighted by molar-refractivity contribution is 0.0276. The van der Waals surface area contributed by atoms with Crippen molar-refractivity contribution in [1.82, 2.24) is 10.2 Å². The lowest BCUT2D eigenvalue weighted by Crippen LogP contribution is -2.47. The number of hydrogen-bond acceptors (Lipinski definition) is 5. The van der Waals surface area contributed by atoms with Crippen molar-refractivity contribution >= 4 is 23.3 Å². The molecule has 0 bridgehead atoms. The second-order valence-corrected chi connectivity index (χ2v) is 7.86. The van der Waals surface area contributed by atoms with Gasteiger partial charge in [0.25, 0.3) is 0 Å². The van der Waals surface area contributed by atoms with Crippen LogP contribution in [0.2, 0.25) is 0 Å². The van der Waals surface area contributed by atoms with Crippen molar-refractivity contribution in [3.63, 3.8) is 0 Å². The fourth-order valence-corrected chi connectivity index (χ4v) is 3.08. The van der Waals surface area contributed by atoms with E-state index < -0.39 is 5.60 Å². The first-order valence-electron chi connectivity index (χ1n) is 7.59. The molecule has 122 valence electrons. The smallest absolute Gasteiger partial charge is 0.410 e. The van der Waals surface area contributed by atoms with Crippen LogP contribution in [0.3, 0.4) is 0 Å². The summed E-state index contributed by atoms with van der Waals surface area (Å²) in [7, 11) is 0. The van der Waals surface area contributed by atoms with Gasteiger partial charge in [-0.1, -0.05) is 0 Å². The molecule has 5 nitrogen and oxygen atoms in total. The zero-order chi connectivity index (χ0) is 16.3. The number of amides is 1. The Morgan fingerprint density at radius 1 is 1.45 bits per heavy atom. The first-order chi connectivity index (χ1) is 10.2. The number of aryl methyl sites for hydroxylation is 1. The number of nitrogens with zero attached hydrogens (tertiary/aromatic N) is 2. The van der Waals surface area contributed by atoms with Crippen molar-refractivity contribution in [2.75, 3.05) is 19.6 Å². The van der Waals surface area contributed by atoms with Gasteiger partial charge in [-0.3, -0.25) is 9.89 Å². The molecule has 1 aliphatic rings. The molecule has 1 N–H and O–H groups in total. The van der Waals surface area contributed by atoms with Crippen LogP contribution >= 0.6 is 11.3 Å². The van der Waals surface area contributed by atoms with Crippen LogP contribution in [0.25, 0.3) is 0 Å². The van der Waals surface area contributed by atoms with Crippen LogP contribution in [0, 0.1) is 6.92 Å². The summed E-state index contributed by atoms with van der Waals surface area (Å²) < 4.78 is 5.42. The fraction of sp³-hybridized carbons (Fsp3) is 0.625. The molecule has 0 aliphatic carbocycles. The molecule has 2 rings (SSSR count). The Kier molecular flexibility index (Phi) is 5.11. The van der Waals surface area contributed by atoms with Gasteiger partial charge in [0.1, 0.15) is 11.4 Å². The van der Waals surface area contributed by atoms with Gasteiger partial charge in [-0.15, -0.1) is 11.3 Å². The van der Waals surface area contributed by atoms with Gasteiger partial charge in [-0.2, -0.15) is 0 Å². The zero-order valence-electron chi connectivity index (χ0n) is 14.0. The monoisotopic (exact) mass is 323 g/mol. The highest BCUT2D eigenvalue weighted by atomic mass is 32.1. The van der Waals surface area contributed by atoms with Crippen LogP contribution in [-0.2, 0) is 4.74 Å². The molecule has 22 heavy (non-hydrogen) atoms. The van der Waals surface area contributed by atoms with E-state index in [-0.39, 0.29) is 12.1 Å². The Hall–Kier alpha value is -1.56. The summed E-state index contributed by atoms with van der Waals surface area (Å²) in [5, 5.41) is 3.41. The van der Waals surface area contributed by atoms with E-state index in [0.29, 0.717) is 19.6 Å². The summed E-state index contributed by atoms with van der Waals surface area (Å²) in [6.45, 7) is 11.5. The molecule has 0 fully saturated rings. The first-order valence-corrected chi connectivity index (χ1v) is 8.40. The van der Waals surface area contributed by atoms with Crippen LogP contribution in [-0.4, -0.2) is 42.1 Å². The van der Waals surface area contributed by atoms with Crippen molar-refractivity contribution in [2.24, 2.45) is 4.99 Å². The third-order valence-electron chi connectivity index (χ3n) is 3.24. The van der Waals surface area contributed by atoms with E-state index in [0.717, 1.165) is 5.84 Å².